The van der Waals surface area contributed by atoms with Crippen molar-refractivity contribution in [3.63, 3.8) is 0 Å². The van der Waals surface area contributed by atoms with E-state index in [4.69, 9.17) is 5.11 Å². The molecule has 0 saturated carbocycles. The second-order valence-electron chi connectivity index (χ2n) is 5.53. The standard InChI is InChI=1S/C17H22N4O3/c1-3-4-15-14(20-17(24)18-10-9-16(22)23)11-19-21(15)13-7-5-12(2)6-8-13/h5-8,11H,3-4,9-10H2,1-2H3,(H,22,23)(H2,18,20,24). The van der Waals surface area contributed by atoms with Gasteiger partial charge in [-0.25, -0.2) is 9.48 Å². The quantitative estimate of drug-likeness (QED) is 0.727. The maximum absolute atomic E-state index is 11.9. The maximum Gasteiger partial charge on any atom is 0.319 e. The van der Waals surface area contributed by atoms with Crippen LogP contribution in [0.1, 0.15) is 31.0 Å². The van der Waals surface area contributed by atoms with Crippen molar-refractivity contribution in [2.45, 2.75) is 33.1 Å². The summed E-state index contributed by atoms with van der Waals surface area (Å²) >= 11 is 0. The van der Waals surface area contributed by atoms with Crippen LogP contribution in [0.4, 0.5) is 10.5 Å². The number of carbonyl (C=O) groups is 2. The van der Waals surface area contributed by atoms with Gasteiger partial charge in [0.25, 0.3) is 0 Å². The number of amides is 2. The Morgan fingerprint density at radius 2 is 1.96 bits per heavy atom. The molecular weight excluding hydrogens is 308 g/mol. The molecular formula is C17H22N4O3. The predicted octanol–water partition coefficient (Wildman–Crippen LogP) is 2.73. The largest absolute Gasteiger partial charge is 0.481 e. The molecule has 1 aromatic heterocycles. The molecule has 0 aliphatic rings. The molecule has 0 atom stereocenters. The van der Waals surface area contributed by atoms with E-state index in [0.717, 1.165) is 24.2 Å². The molecule has 2 aromatic rings. The molecule has 1 heterocycles. The van der Waals surface area contributed by atoms with E-state index in [9.17, 15) is 9.59 Å². The van der Waals surface area contributed by atoms with Crippen molar-refractivity contribution >= 4 is 17.7 Å². The van der Waals surface area contributed by atoms with Crippen molar-refractivity contribution in [1.82, 2.24) is 15.1 Å². The van der Waals surface area contributed by atoms with Crippen LogP contribution in [0.5, 0.6) is 0 Å². The van der Waals surface area contributed by atoms with E-state index in [1.807, 2.05) is 35.9 Å². The lowest BCUT2D eigenvalue weighted by atomic mass is 10.2. The number of carboxylic acids is 1. The summed E-state index contributed by atoms with van der Waals surface area (Å²) in [6.07, 6.45) is 3.17. The number of nitrogens with one attached hydrogen (secondary N) is 2. The number of urea groups is 1. The minimum absolute atomic E-state index is 0.0797. The number of rotatable bonds is 7. The molecule has 24 heavy (non-hydrogen) atoms. The molecule has 2 amide bonds. The number of nitrogens with zero attached hydrogens (tertiary/aromatic N) is 2. The summed E-state index contributed by atoms with van der Waals surface area (Å²) in [6, 6.07) is 7.56. The van der Waals surface area contributed by atoms with Crippen LogP contribution in [0.3, 0.4) is 0 Å². The van der Waals surface area contributed by atoms with Crippen molar-refractivity contribution in [1.29, 1.82) is 0 Å². The van der Waals surface area contributed by atoms with Crippen LogP contribution in [-0.2, 0) is 11.2 Å². The Morgan fingerprint density at radius 1 is 1.25 bits per heavy atom. The molecule has 0 unspecified atom stereocenters. The third kappa shape index (κ3) is 4.58. The highest BCUT2D eigenvalue weighted by molar-refractivity contribution is 5.90. The molecule has 0 radical (unpaired) electrons. The Kier molecular flexibility index (Phi) is 5.95. The van der Waals surface area contributed by atoms with E-state index in [-0.39, 0.29) is 13.0 Å². The molecule has 0 aliphatic heterocycles. The van der Waals surface area contributed by atoms with Crippen molar-refractivity contribution < 1.29 is 14.7 Å². The molecule has 2 rings (SSSR count). The van der Waals surface area contributed by atoms with Gasteiger partial charge in [-0.15, -0.1) is 0 Å². The van der Waals surface area contributed by atoms with Gasteiger partial charge in [0.2, 0.25) is 0 Å². The number of aryl methyl sites for hydroxylation is 1. The van der Waals surface area contributed by atoms with Gasteiger partial charge in [0.05, 0.1) is 29.7 Å². The Hall–Kier alpha value is -2.83. The monoisotopic (exact) mass is 330 g/mol. The molecule has 7 heteroatoms. The van der Waals surface area contributed by atoms with Gasteiger partial charge in [0.1, 0.15) is 0 Å². The molecule has 128 valence electrons. The minimum atomic E-state index is -0.950. The Morgan fingerprint density at radius 3 is 2.58 bits per heavy atom. The minimum Gasteiger partial charge on any atom is -0.481 e. The lowest BCUT2D eigenvalue weighted by Gasteiger charge is -2.10. The second-order valence-corrected chi connectivity index (χ2v) is 5.53. The number of hydrogen-bond donors (Lipinski definition) is 3. The Balaban J connectivity index is 2.14. The normalized spacial score (nSPS) is 10.4. The van der Waals surface area contributed by atoms with Gasteiger partial charge >= 0.3 is 12.0 Å². The number of benzene rings is 1. The zero-order chi connectivity index (χ0) is 17.5. The fraction of sp³-hybridized carbons (Fsp3) is 0.353. The summed E-state index contributed by atoms with van der Waals surface area (Å²) in [6.45, 7) is 4.16. The number of aromatic nitrogens is 2. The van der Waals surface area contributed by atoms with E-state index >= 15 is 0 Å². The lowest BCUT2D eigenvalue weighted by molar-refractivity contribution is -0.136. The Bertz CT molecular complexity index is 707. The first-order chi connectivity index (χ1) is 11.5. The maximum atomic E-state index is 11.9. The number of carbonyl (C=O) groups excluding carboxylic acids is 1. The Labute approximate surface area is 140 Å². The van der Waals surface area contributed by atoms with Crippen molar-refractivity contribution in [2.24, 2.45) is 0 Å². The van der Waals surface area contributed by atoms with Crippen LogP contribution in [0.25, 0.3) is 5.69 Å². The fourth-order valence-corrected chi connectivity index (χ4v) is 2.31. The van der Waals surface area contributed by atoms with Gasteiger partial charge in [0.15, 0.2) is 0 Å². The zero-order valence-electron chi connectivity index (χ0n) is 13.9. The molecule has 0 saturated heterocycles. The summed E-state index contributed by atoms with van der Waals surface area (Å²) in [5.41, 5.74) is 3.64. The van der Waals surface area contributed by atoms with Crippen molar-refractivity contribution in [3.8, 4) is 5.69 Å². The third-order valence-electron chi connectivity index (χ3n) is 3.51. The molecule has 0 bridgehead atoms. The first kappa shape index (κ1) is 17.5. The SMILES string of the molecule is CCCc1c(NC(=O)NCCC(=O)O)cnn1-c1ccc(C)cc1. The lowest BCUT2D eigenvalue weighted by Crippen LogP contribution is -2.30. The van der Waals surface area contributed by atoms with Crippen LogP contribution < -0.4 is 10.6 Å². The number of aliphatic carboxylic acids is 1. The van der Waals surface area contributed by atoms with Crippen LogP contribution in [0, 0.1) is 6.92 Å². The van der Waals surface area contributed by atoms with E-state index < -0.39 is 12.0 Å². The van der Waals surface area contributed by atoms with Gasteiger partial charge in [-0.2, -0.15) is 5.10 Å². The topological polar surface area (TPSA) is 96.2 Å². The number of anilines is 1. The summed E-state index contributed by atoms with van der Waals surface area (Å²) in [4.78, 5) is 22.4. The van der Waals surface area contributed by atoms with Crippen LogP contribution in [0.15, 0.2) is 30.5 Å². The first-order valence-electron chi connectivity index (χ1n) is 7.92. The second kappa shape index (κ2) is 8.14. The smallest absolute Gasteiger partial charge is 0.319 e. The molecule has 0 fully saturated rings. The predicted molar refractivity (Wildman–Crippen MR) is 91.6 cm³/mol. The van der Waals surface area contributed by atoms with E-state index in [0.29, 0.717) is 5.69 Å². The van der Waals surface area contributed by atoms with Crippen LogP contribution >= 0.6 is 0 Å². The third-order valence-corrected chi connectivity index (χ3v) is 3.51. The summed E-state index contributed by atoms with van der Waals surface area (Å²) < 4.78 is 1.82. The molecule has 0 spiro atoms. The summed E-state index contributed by atoms with van der Waals surface area (Å²) in [5, 5.41) is 18.2. The molecule has 0 aliphatic carbocycles. The van der Waals surface area contributed by atoms with Gasteiger partial charge < -0.3 is 15.7 Å². The first-order valence-corrected chi connectivity index (χ1v) is 7.92. The van der Waals surface area contributed by atoms with Crippen LogP contribution in [0.2, 0.25) is 0 Å². The van der Waals surface area contributed by atoms with E-state index in [1.165, 1.54) is 5.56 Å². The highest BCUT2D eigenvalue weighted by atomic mass is 16.4. The van der Waals surface area contributed by atoms with Crippen molar-refractivity contribution in [3.05, 3.63) is 41.7 Å². The highest BCUT2D eigenvalue weighted by Crippen LogP contribution is 2.21. The zero-order valence-corrected chi connectivity index (χ0v) is 13.9. The van der Waals surface area contributed by atoms with Crippen molar-refractivity contribution in [2.75, 3.05) is 11.9 Å². The van der Waals surface area contributed by atoms with Crippen LogP contribution in [-0.4, -0.2) is 33.4 Å². The van der Waals surface area contributed by atoms with Gasteiger partial charge in [0, 0.05) is 6.54 Å². The highest BCUT2D eigenvalue weighted by Gasteiger charge is 2.14. The van der Waals surface area contributed by atoms with E-state index in [1.54, 1.807) is 6.20 Å². The average Bonchev–Trinajstić information content (AvgIpc) is 2.91. The van der Waals surface area contributed by atoms with Gasteiger partial charge in [-0.1, -0.05) is 31.0 Å². The van der Waals surface area contributed by atoms with E-state index in [2.05, 4.69) is 22.7 Å². The molecule has 7 nitrogen and oxygen atoms in total. The van der Waals surface area contributed by atoms with Gasteiger partial charge in [-0.05, 0) is 25.5 Å². The van der Waals surface area contributed by atoms with Gasteiger partial charge in [-0.3, -0.25) is 4.79 Å². The summed E-state index contributed by atoms with van der Waals surface area (Å²) in [7, 11) is 0. The summed E-state index contributed by atoms with van der Waals surface area (Å²) in [5.74, 6) is -0.950. The molecule has 3 N–H and O–H groups in total. The molecule has 1 aromatic carbocycles. The fourth-order valence-electron chi connectivity index (χ4n) is 2.31. The number of hydrogen-bond acceptors (Lipinski definition) is 3. The number of carboxylic acid groups (broad SMARTS) is 1. The average molecular weight is 330 g/mol.